The Morgan fingerprint density at radius 1 is 1.35 bits per heavy atom. The maximum atomic E-state index is 12.7. The molecule has 3 heterocycles. The van der Waals surface area contributed by atoms with Crippen molar-refractivity contribution < 1.29 is 4.79 Å². The van der Waals surface area contributed by atoms with Crippen molar-refractivity contribution in [3.63, 3.8) is 0 Å². The molecule has 1 aliphatic rings. The van der Waals surface area contributed by atoms with Crippen LogP contribution in [0.1, 0.15) is 23.3 Å². The third-order valence-corrected chi connectivity index (χ3v) is 6.55. The number of imidazole rings is 1. The molecule has 26 heavy (non-hydrogen) atoms. The number of benzene rings is 1. The molecular formula is C18H20BrN5OS. The molecule has 0 spiro atoms. The molecule has 2 aromatic heterocycles. The van der Waals surface area contributed by atoms with Gasteiger partial charge in [0.05, 0.1) is 22.7 Å². The highest BCUT2D eigenvalue weighted by Gasteiger charge is 2.28. The minimum atomic E-state index is 0.0355. The van der Waals surface area contributed by atoms with E-state index in [1.165, 1.54) is 4.70 Å². The van der Waals surface area contributed by atoms with Crippen LogP contribution in [-0.4, -0.2) is 51.5 Å². The number of rotatable bonds is 3. The third-order valence-electron chi connectivity index (χ3n) is 4.98. The van der Waals surface area contributed by atoms with Gasteiger partial charge in [-0.25, -0.2) is 9.97 Å². The fourth-order valence-electron chi connectivity index (χ4n) is 3.38. The highest BCUT2D eigenvalue weighted by atomic mass is 79.9. The van der Waals surface area contributed by atoms with Crippen LogP contribution in [0.25, 0.3) is 10.2 Å². The zero-order valence-corrected chi connectivity index (χ0v) is 17.1. The normalized spacial score (nSPS) is 15.6. The third kappa shape index (κ3) is 3.23. The number of piperidine rings is 1. The Labute approximate surface area is 164 Å². The first-order chi connectivity index (χ1) is 12.5. The van der Waals surface area contributed by atoms with Gasteiger partial charge in [-0.1, -0.05) is 27.3 Å². The molecule has 1 aromatic carbocycles. The summed E-state index contributed by atoms with van der Waals surface area (Å²) in [6.07, 6.45) is 5.18. The maximum Gasteiger partial charge on any atom is 0.272 e. The molecule has 0 saturated carbocycles. The molecule has 1 saturated heterocycles. The molecule has 0 N–H and O–H groups in total. The number of hydrogen-bond donors (Lipinski definition) is 0. The summed E-state index contributed by atoms with van der Waals surface area (Å²) in [6.45, 7) is 1.82. The lowest BCUT2D eigenvalue weighted by Crippen LogP contribution is -2.46. The van der Waals surface area contributed by atoms with Crippen LogP contribution in [0.2, 0.25) is 0 Å². The van der Waals surface area contributed by atoms with Crippen LogP contribution >= 0.6 is 27.3 Å². The van der Waals surface area contributed by atoms with Crippen LogP contribution in [0.5, 0.6) is 0 Å². The van der Waals surface area contributed by atoms with Gasteiger partial charge in [0.25, 0.3) is 5.91 Å². The van der Waals surface area contributed by atoms with E-state index in [2.05, 4.69) is 31.9 Å². The average Bonchev–Trinajstić information content (AvgIpc) is 3.26. The van der Waals surface area contributed by atoms with E-state index in [0.717, 1.165) is 41.1 Å². The predicted octanol–water partition coefficient (Wildman–Crippen LogP) is 3.53. The van der Waals surface area contributed by atoms with Gasteiger partial charge in [0, 0.05) is 37.7 Å². The number of aryl methyl sites for hydroxylation is 1. The van der Waals surface area contributed by atoms with Gasteiger partial charge >= 0.3 is 0 Å². The van der Waals surface area contributed by atoms with Crippen molar-refractivity contribution in [2.45, 2.75) is 18.9 Å². The van der Waals surface area contributed by atoms with Crippen LogP contribution in [0.15, 0.2) is 35.2 Å². The minimum Gasteiger partial charge on any atom is -0.348 e. The summed E-state index contributed by atoms with van der Waals surface area (Å²) in [5.74, 6) is 0.0355. The molecule has 1 amide bonds. The summed E-state index contributed by atoms with van der Waals surface area (Å²) in [4.78, 5) is 25.7. The van der Waals surface area contributed by atoms with E-state index in [0.29, 0.717) is 5.69 Å². The van der Waals surface area contributed by atoms with Gasteiger partial charge in [-0.05, 0) is 31.0 Å². The number of fused-ring (bicyclic) bond motifs is 1. The molecule has 0 radical (unpaired) electrons. The van der Waals surface area contributed by atoms with Crippen LogP contribution in [0.3, 0.4) is 0 Å². The zero-order chi connectivity index (χ0) is 18.3. The predicted molar refractivity (Wildman–Crippen MR) is 108 cm³/mol. The molecule has 6 nitrogen and oxygen atoms in total. The van der Waals surface area contributed by atoms with Crippen molar-refractivity contribution >= 4 is 48.5 Å². The monoisotopic (exact) mass is 433 g/mol. The molecular weight excluding hydrogens is 414 g/mol. The quantitative estimate of drug-likeness (QED) is 0.633. The Bertz CT molecular complexity index is 944. The SMILES string of the molecule is CN(C(=O)c1cncn1C)C1CCN(c2nc3ccc(Br)cc3s2)CC1. The topological polar surface area (TPSA) is 54.3 Å². The van der Waals surface area contributed by atoms with Gasteiger partial charge < -0.3 is 14.4 Å². The van der Waals surface area contributed by atoms with Crippen molar-refractivity contribution in [1.29, 1.82) is 0 Å². The van der Waals surface area contributed by atoms with E-state index in [4.69, 9.17) is 4.98 Å². The Kier molecular flexibility index (Phi) is 4.71. The highest BCUT2D eigenvalue weighted by molar-refractivity contribution is 9.10. The first-order valence-electron chi connectivity index (χ1n) is 8.57. The second-order valence-corrected chi connectivity index (χ2v) is 8.56. The molecule has 0 unspecified atom stereocenters. The van der Waals surface area contributed by atoms with E-state index in [1.54, 1.807) is 28.4 Å². The summed E-state index contributed by atoms with van der Waals surface area (Å²) in [7, 11) is 3.74. The molecule has 1 aliphatic heterocycles. The Hall–Kier alpha value is -1.93. The van der Waals surface area contributed by atoms with Crippen molar-refractivity contribution in [2.24, 2.45) is 7.05 Å². The molecule has 3 aromatic rings. The number of amides is 1. The second-order valence-electron chi connectivity index (χ2n) is 6.63. The fraction of sp³-hybridized carbons (Fsp3) is 0.389. The number of carbonyl (C=O) groups excluding carboxylic acids is 1. The standard InChI is InChI=1S/C18H20BrN5OS/c1-22-11-20-10-15(22)17(25)23(2)13-5-7-24(8-6-13)18-21-14-4-3-12(19)9-16(14)26-18/h3-4,9-11,13H,5-8H2,1-2H3. The molecule has 0 atom stereocenters. The van der Waals surface area contributed by atoms with Crippen molar-refractivity contribution in [2.75, 3.05) is 25.0 Å². The lowest BCUT2D eigenvalue weighted by Gasteiger charge is -2.36. The van der Waals surface area contributed by atoms with Crippen molar-refractivity contribution in [3.8, 4) is 0 Å². The maximum absolute atomic E-state index is 12.7. The minimum absolute atomic E-state index is 0.0355. The van der Waals surface area contributed by atoms with Crippen LogP contribution < -0.4 is 4.90 Å². The summed E-state index contributed by atoms with van der Waals surface area (Å²) < 4.78 is 4.04. The van der Waals surface area contributed by atoms with Crippen molar-refractivity contribution in [3.05, 3.63) is 40.9 Å². The molecule has 1 fully saturated rings. The Morgan fingerprint density at radius 3 is 2.81 bits per heavy atom. The summed E-state index contributed by atoms with van der Waals surface area (Å²) in [6, 6.07) is 6.44. The average molecular weight is 434 g/mol. The van der Waals surface area contributed by atoms with Gasteiger partial charge in [-0.2, -0.15) is 0 Å². The second kappa shape index (κ2) is 7.00. The first-order valence-corrected chi connectivity index (χ1v) is 10.2. The van der Waals surface area contributed by atoms with E-state index in [1.807, 2.05) is 31.1 Å². The van der Waals surface area contributed by atoms with Gasteiger partial charge in [0.2, 0.25) is 0 Å². The molecule has 136 valence electrons. The largest absolute Gasteiger partial charge is 0.348 e. The number of halogens is 1. The van der Waals surface area contributed by atoms with Gasteiger partial charge in [0.1, 0.15) is 5.69 Å². The summed E-state index contributed by atoms with van der Waals surface area (Å²) in [5, 5.41) is 1.07. The van der Waals surface area contributed by atoms with Crippen LogP contribution in [0, 0.1) is 0 Å². The fourth-order valence-corrected chi connectivity index (χ4v) is 4.94. The summed E-state index contributed by atoms with van der Waals surface area (Å²) >= 11 is 5.24. The van der Waals surface area contributed by atoms with E-state index >= 15 is 0 Å². The number of nitrogens with zero attached hydrogens (tertiary/aromatic N) is 5. The number of thiazole rings is 1. The highest BCUT2D eigenvalue weighted by Crippen LogP contribution is 2.32. The smallest absolute Gasteiger partial charge is 0.272 e. The lowest BCUT2D eigenvalue weighted by molar-refractivity contribution is 0.0699. The van der Waals surface area contributed by atoms with E-state index < -0.39 is 0 Å². The number of hydrogen-bond acceptors (Lipinski definition) is 5. The van der Waals surface area contributed by atoms with E-state index in [-0.39, 0.29) is 11.9 Å². The molecule has 8 heteroatoms. The Morgan fingerprint density at radius 2 is 2.12 bits per heavy atom. The molecule has 0 bridgehead atoms. The molecule has 4 rings (SSSR count). The zero-order valence-electron chi connectivity index (χ0n) is 14.7. The van der Waals surface area contributed by atoms with E-state index in [9.17, 15) is 4.79 Å². The Balaban J connectivity index is 1.43. The number of anilines is 1. The molecule has 0 aliphatic carbocycles. The van der Waals surface area contributed by atoms with Gasteiger partial charge in [0.15, 0.2) is 5.13 Å². The number of carbonyl (C=O) groups is 1. The van der Waals surface area contributed by atoms with Crippen LogP contribution in [-0.2, 0) is 7.05 Å². The lowest BCUT2D eigenvalue weighted by atomic mass is 10.0. The van der Waals surface area contributed by atoms with Crippen LogP contribution in [0.4, 0.5) is 5.13 Å². The first kappa shape index (κ1) is 17.5. The van der Waals surface area contributed by atoms with Gasteiger partial charge in [-0.3, -0.25) is 4.79 Å². The van der Waals surface area contributed by atoms with Gasteiger partial charge in [-0.15, -0.1) is 0 Å². The summed E-state index contributed by atoms with van der Waals surface area (Å²) in [5.41, 5.74) is 1.67. The number of aromatic nitrogens is 3. The van der Waals surface area contributed by atoms with Crippen molar-refractivity contribution in [1.82, 2.24) is 19.4 Å².